The summed E-state index contributed by atoms with van der Waals surface area (Å²) in [6.07, 6.45) is 5.97. The van der Waals surface area contributed by atoms with Crippen molar-refractivity contribution in [2.24, 2.45) is 0 Å². The molecule has 0 aromatic carbocycles. The number of aryl methyl sites for hydroxylation is 1. The molecule has 104 valence electrons. The fourth-order valence-corrected chi connectivity index (χ4v) is 2.67. The molecule has 0 atom stereocenters. The highest BCUT2D eigenvalue weighted by molar-refractivity contribution is 5.76. The Kier molecular flexibility index (Phi) is 3.79. The predicted octanol–water partition coefficient (Wildman–Crippen LogP) is -0.611. The molecule has 1 amide bonds. The highest BCUT2D eigenvalue weighted by atomic mass is 16.2. The maximum absolute atomic E-state index is 12.1. The number of rotatable bonds is 4. The first-order valence-electron chi connectivity index (χ1n) is 7.01. The van der Waals surface area contributed by atoms with Gasteiger partial charge >= 0.3 is 0 Å². The third-order valence-corrected chi connectivity index (χ3v) is 4.09. The summed E-state index contributed by atoms with van der Waals surface area (Å²) in [6.45, 7) is 6.72. The van der Waals surface area contributed by atoms with Gasteiger partial charge in [-0.05, 0) is 0 Å². The van der Waals surface area contributed by atoms with Crippen molar-refractivity contribution in [1.82, 2.24) is 24.7 Å². The van der Waals surface area contributed by atoms with Crippen molar-refractivity contribution in [3.05, 3.63) is 18.7 Å². The minimum Gasteiger partial charge on any atom is -0.340 e. The van der Waals surface area contributed by atoms with Gasteiger partial charge in [0.2, 0.25) is 5.91 Å². The number of piperazine rings is 1. The number of nitrogens with zero attached hydrogens (tertiary/aromatic N) is 4. The minimum atomic E-state index is 0.264. The second-order valence-electron chi connectivity index (χ2n) is 5.28. The van der Waals surface area contributed by atoms with E-state index < -0.39 is 0 Å². The van der Waals surface area contributed by atoms with Crippen LogP contribution in [0.1, 0.15) is 6.42 Å². The molecule has 3 heterocycles. The van der Waals surface area contributed by atoms with Crippen LogP contribution >= 0.6 is 0 Å². The van der Waals surface area contributed by atoms with Gasteiger partial charge in [0.25, 0.3) is 0 Å². The van der Waals surface area contributed by atoms with E-state index in [1.165, 1.54) is 0 Å². The fraction of sp³-hybridized carbons (Fsp3) is 0.692. The molecule has 1 N–H and O–H groups in total. The summed E-state index contributed by atoms with van der Waals surface area (Å²) < 4.78 is 1.95. The number of aromatic nitrogens is 2. The molecule has 0 aliphatic carbocycles. The van der Waals surface area contributed by atoms with Gasteiger partial charge in [0.1, 0.15) is 0 Å². The van der Waals surface area contributed by atoms with E-state index in [0.29, 0.717) is 12.5 Å². The van der Waals surface area contributed by atoms with Crippen molar-refractivity contribution in [1.29, 1.82) is 0 Å². The van der Waals surface area contributed by atoms with Crippen LogP contribution in [0.4, 0.5) is 0 Å². The first-order valence-corrected chi connectivity index (χ1v) is 7.01. The lowest BCUT2D eigenvalue weighted by Crippen LogP contribution is -2.62. The van der Waals surface area contributed by atoms with Gasteiger partial charge in [-0.3, -0.25) is 9.69 Å². The number of carbonyl (C=O) groups is 1. The molecule has 1 aromatic heterocycles. The van der Waals surface area contributed by atoms with Gasteiger partial charge in [0.05, 0.1) is 6.33 Å². The standard InChI is InChI=1S/C13H21N5O/c19-13(1-3-16-4-2-14-11-16)18-7-5-17(6-8-18)12-9-15-10-12/h2,4,11-12,15H,1,3,5-10H2. The average Bonchev–Trinajstić information content (AvgIpc) is 2.88. The summed E-state index contributed by atoms with van der Waals surface area (Å²) in [6, 6.07) is 0.697. The van der Waals surface area contributed by atoms with E-state index >= 15 is 0 Å². The molecular formula is C13H21N5O. The molecule has 2 aliphatic rings. The van der Waals surface area contributed by atoms with Gasteiger partial charge in [0.15, 0.2) is 0 Å². The Balaban J connectivity index is 1.41. The van der Waals surface area contributed by atoms with E-state index in [1.54, 1.807) is 12.5 Å². The van der Waals surface area contributed by atoms with Gasteiger partial charge in [-0.25, -0.2) is 4.98 Å². The summed E-state index contributed by atoms with van der Waals surface area (Å²) in [5, 5.41) is 3.30. The van der Waals surface area contributed by atoms with E-state index in [2.05, 4.69) is 15.2 Å². The quantitative estimate of drug-likeness (QED) is 0.787. The second kappa shape index (κ2) is 5.71. The van der Waals surface area contributed by atoms with E-state index in [-0.39, 0.29) is 5.91 Å². The van der Waals surface area contributed by atoms with Crippen molar-refractivity contribution in [2.75, 3.05) is 39.3 Å². The molecule has 0 unspecified atom stereocenters. The highest BCUT2D eigenvalue weighted by Gasteiger charge is 2.28. The van der Waals surface area contributed by atoms with Crippen molar-refractivity contribution in [2.45, 2.75) is 19.0 Å². The molecule has 0 spiro atoms. The van der Waals surface area contributed by atoms with Gasteiger partial charge < -0.3 is 14.8 Å². The SMILES string of the molecule is O=C(CCn1ccnc1)N1CCN(C2CNC2)CC1. The van der Waals surface area contributed by atoms with Crippen LogP contribution in [0.5, 0.6) is 0 Å². The molecule has 3 rings (SSSR count). The van der Waals surface area contributed by atoms with Crippen molar-refractivity contribution < 1.29 is 4.79 Å². The zero-order chi connectivity index (χ0) is 13.1. The van der Waals surface area contributed by atoms with Crippen molar-refractivity contribution in [3.63, 3.8) is 0 Å². The van der Waals surface area contributed by atoms with E-state index in [0.717, 1.165) is 45.8 Å². The Morgan fingerprint density at radius 1 is 1.26 bits per heavy atom. The lowest BCUT2D eigenvalue weighted by atomic mass is 10.1. The van der Waals surface area contributed by atoms with Crippen LogP contribution in [0.25, 0.3) is 0 Å². The molecule has 19 heavy (non-hydrogen) atoms. The summed E-state index contributed by atoms with van der Waals surface area (Å²) in [7, 11) is 0. The summed E-state index contributed by atoms with van der Waals surface area (Å²) in [4.78, 5) is 20.6. The van der Waals surface area contributed by atoms with Crippen LogP contribution in [-0.2, 0) is 11.3 Å². The van der Waals surface area contributed by atoms with Crippen LogP contribution in [-0.4, -0.2) is 70.6 Å². The normalized spacial score (nSPS) is 21.4. The lowest BCUT2D eigenvalue weighted by molar-refractivity contribution is -0.133. The zero-order valence-corrected chi connectivity index (χ0v) is 11.2. The first-order chi connectivity index (χ1) is 9.33. The molecule has 1 aromatic rings. The van der Waals surface area contributed by atoms with Crippen molar-refractivity contribution in [3.8, 4) is 0 Å². The van der Waals surface area contributed by atoms with E-state index in [9.17, 15) is 4.79 Å². The van der Waals surface area contributed by atoms with Gasteiger partial charge in [-0.2, -0.15) is 0 Å². The fourth-order valence-electron chi connectivity index (χ4n) is 2.67. The van der Waals surface area contributed by atoms with Crippen LogP contribution in [0, 0.1) is 0 Å². The second-order valence-corrected chi connectivity index (χ2v) is 5.28. The molecule has 2 fully saturated rings. The Morgan fingerprint density at radius 3 is 2.63 bits per heavy atom. The molecule has 2 saturated heterocycles. The first kappa shape index (κ1) is 12.6. The maximum Gasteiger partial charge on any atom is 0.224 e. The third-order valence-electron chi connectivity index (χ3n) is 4.09. The third kappa shape index (κ3) is 2.96. The molecule has 0 radical (unpaired) electrons. The van der Waals surface area contributed by atoms with Gasteiger partial charge in [-0.1, -0.05) is 0 Å². The number of carbonyl (C=O) groups excluding carboxylic acids is 1. The molecule has 6 heteroatoms. The monoisotopic (exact) mass is 263 g/mol. The smallest absolute Gasteiger partial charge is 0.224 e. The largest absolute Gasteiger partial charge is 0.340 e. The number of imidazole rings is 1. The van der Waals surface area contributed by atoms with E-state index in [1.807, 2.05) is 15.7 Å². The summed E-state index contributed by atoms with van der Waals surface area (Å²) in [5.41, 5.74) is 0. The Morgan fingerprint density at radius 2 is 2.05 bits per heavy atom. The Labute approximate surface area is 113 Å². The molecule has 2 aliphatic heterocycles. The number of amides is 1. The maximum atomic E-state index is 12.1. The Bertz CT molecular complexity index is 407. The van der Waals surface area contributed by atoms with Crippen LogP contribution in [0.3, 0.4) is 0 Å². The van der Waals surface area contributed by atoms with Crippen LogP contribution in [0.2, 0.25) is 0 Å². The Hall–Kier alpha value is -1.40. The average molecular weight is 263 g/mol. The number of nitrogens with one attached hydrogen (secondary N) is 1. The predicted molar refractivity (Wildman–Crippen MR) is 71.7 cm³/mol. The summed E-state index contributed by atoms with van der Waals surface area (Å²) >= 11 is 0. The topological polar surface area (TPSA) is 53.4 Å². The van der Waals surface area contributed by atoms with Crippen LogP contribution < -0.4 is 5.32 Å². The van der Waals surface area contributed by atoms with E-state index in [4.69, 9.17) is 0 Å². The molecular weight excluding hydrogens is 242 g/mol. The van der Waals surface area contributed by atoms with Gasteiger partial charge in [-0.15, -0.1) is 0 Å². The van der Waals surface area contributed by atoms with Crippen molar-refractivity contribution >= 4 is 5.91 Å². The molecule has 0 bridgehead atoms. The molecule has 6 nitrogen and oxygen atoms in total. The summed E-state index contributed by atoms with van der Waals surface area (Å²) in [5.74, 6) is 0.264. The van der Waals surface area contributed by atoms with Crippen LogP contribution in [0.15, 0.2) is 18.7 Å². The zero-order valence-electron chi connectivity index (χ0n) is 11.2. The van der Waals surface area contributed by atoms with Gasteiger partial charge in [0, 0.05) is 70.7 Å². The number of hydrogen-bond donors (Lipinski definition) is 1. The minimum absolute atomic E-state index is 0.264. The molecule has 0 saturated carbocycles. The highest BCUT2D eigenvalue weighted by Crippen LogP contribution is 2.10. The number of hydrogen-bond acceptors (Lipinski definition) is 4. The lowest BCUT2D eigenvalue weighted by Gasteiger charge is -2.43.